The van der Waals surface area contributed by atoms with Crippen molar-refractivity contribution >= 4 is 37.6 Å². The lowest BCUT2D eigenvalue weighted by Gasteiger charge is -2.06. The fourth-order valence-electron chi connectivity index (χ4n) is 1.54. The summed E-state index contributed by atoms with van der Waals surface area (Å²) in [6.07, 6.45) is 0.713. The summed E-state index contributed by atoms with van der Waals surface area (Å²) < 4.78 is 27.7. The average Bonchev–Trinajstić information content (AvgIpc) is 2.45. The number of hydrogen-bond acceptors (Lipinski definition) is 6. The van der Waals surface area contributed by atoms with Crippen molar-refractivity contribution in [3.63, 3.8) is 0 Å². The van der Waals surface area contributed by atoms with E-state index in [1.165, 1.54) is 12.1 Å². The molecule has 0 spiro atoms. The van der Waals surface area contributed by atoms with Crippen LogP contribution in [0.3, 0.4) is 0 Å². The molecule has 10 heteroatoms. The molecule has 22 heavy (non-hydrogen) atoms. The molecule has 0 aliphatic heterocycles. The van der Waals surface area contributed by atoms with Gasteiger partial charge in [-0.15, -0.1) is 4.28 Å². The third kappa shape index (κ3) is 6.08. The molecular formula is C12H15BrN2O6S. The smallest absolute Gasteiger partial charge is 0.272 e. The van der Waals surface area contributed by atoms with Gasteiger partial charge in [-0.25, -0.2) is 5.48 Å². The van der Waals surface area contributed by atoms with Crippen LogP contribution in [0.4, 0.5) is 5.69 Å². The molecular weight excluding hydrogens is 380 g/mol. The maximum absolute atomic E-state index is 11.7. The Kier molecular flexibility index (Phi) is 6.91. The first-order chi connectivity index (χ1) is 10.2. The maximum Gasteiger partial charge on any atom is 0.287 e. The summed E-state index contributed by atoms with van der Waals surface area (Å²) in [6.45, 7) is 1.82. The highest BCUT2D eigenvalue weighted by Crippen LogP contribution is 2.23. The predicted molar refractivity (Wildman–Crippen MR) is 82.4 cm³/mol. The van der Waals surface area contributed by atoms with E-state index in [1.54, 1.807) is 11.5 Å². The van der Waals surface area contributed by atoms with Gasteiger partial charge in [-0.05, 0) is 12.5 Å². The van der Waals surface area contributed by atoms with E-state index in [0.717, 1.165) is 0 Å². The van der Waals surface area contributed by atoms with Crippen molar-refractivity contribution in [2.45, 2.75) is 26.2 Å². The second-order valence-corrected chi connectivity index (χ2v) is 7.04. The third-order valence-electron chi connectivity index (χ3n) is 2.63. The summed E-state index contributed by atoms with van der Waals surface area (Å²) in [4.78, 5) is 22.0. The molecule has 0 saturated heterocycles. The number of nitrogens with zero attached hydrogens (tertiary/aromatic N) is 1. The lowest BCUT2D eigenvalue weighted by atomic mass is 10.1. The van der Waals surface area contributed by atoms with Gasteiger partial charge >= 0.3 is 0 Å². The number of carbonyl (C=O) groups excluding carboxylic acids is 1. The Bertz CT molecular complexity index is 662. The van der Waals surface area contributed by atoms with Gasteiger partial charge in [-0.3, -0.25) is 14.9 Å². The van der Waals surface area contributed by atoms with Crippen LogP contribution in [0.15, 0.2) is 22.7 Å². The Hall–Kier alpha value is -1.52. The number of rotatable bonds is 8. The summed E-state index contributed by atoms with van der Waals surface area (Å²) in [5.74, 6) is -0.993. The first-order valence-electron chi connectivity index (χ1n) is 6.38. The Morgan fingerprint density at radius 3 is 2.73 bits per heavy atom. The normalized spacial score (nSPS) is 11.2. The summed E-state index contributed by atoms with van der Waals surface area (Å²) in [6, 6.07) is 4.23. The minimum absolute atomic E-state index is 0.153. The Balaban J connectivity index is 2.68. The molecule has 0 aromatic heterocycles. The molecule has 0 bridgehead atoms. The van der Waals surface area contributed by atoms with Gasteiger partial charge in [0.25, 0.3) is 15.8 Å². The van der Waals surface area contributed by atoms with Crippen molar-refractivity contribution in [2.75, 3.05) is 5.75 Å². The standard InChI is InChI=1S/C12H15BrN2O6S/c1-2-3-6-22(19,20)21-14-12(16)7-9-4-5-10(13)8-11(9)15(17)18/h4-5,8H,2-3,6-7H2,1H3,(H,14,16). The van der Waals surface area contributed by atoms with Crippen molar-refractivity contribution in [1.82, 2.24) is 5.48 Å². The minimum atomic E-state index is -3.84. The average molecular weight is 395 g/mol. The third-order valence-corrected chi connectivity index (χ3v) is 4.24. The van der Waals surface area contributed by atoms with Crippen LogP contribution >= 0.6 is 15.9 Å². The molecule has 1 aromatic rings. The van der Waals surface area contributed by atoms with Crippen LogP contribution < -0.4 is 5.48 Å². The zero-order valence-electron chi connectivity index (χ0n) is 11.7. The highest BCUT2D eigenvalue weighted by atomic mass is 79.9. The SMILES string of the molecule is CCCCS(=O)(=O)ONC(=O)Cc1ccc(Br)cc1[N+](=O)[O-]. The topological polar surface area (TPSA) is 116 Å². The number of nitro groups is 1. The van der Waals surface area contributed by atoms with Gasteiger partial charge in [-0.2, -0.15) is 8.42 Å². The predicted octanol–water partition coefficient (Wildman–Crippen LogP) is 2.08. The van der Waals surface area contributed by atoms with Crippen molar-refractivity contribution in [3.8, 4) is 0 Å². The largest absolute Gasteiger partial charge is 0.287 e. The molecule has 1 N–H and O–H groups in total. The van der Waals surface area contributed by atoms with E-state index in [2.05, 4.69) is 20.2 Å². The van der Waals surface area contributed by atoms with Gasteiger partial charge in [0.1, 0.15) is 0 Å². The van der Waals surface area contributed by atoms with Crippen molar-refractivity contribution < 1.29 is 22.4 Å². The number of nitrogens with one attached hydrogen (secondary N) is 1. The zero-order valence-corrected chi connectivity index (χ0v) is 14.1. The number of hydrogen-bond donors (Lipinski definition) is 1. The first-order valence-corrected chi connectivity index (χ1v) is 8.75. The van der Waals surface area contributed by atoms with Gasteiger partial charge in [0.2, 0.25) is 5.91 Å². The van der Waals surface area contributed by atoms with Gasteiger partial charge in [-0.1, -0.05) is 35.3 Å². The van der Waals surface area contributed by atoms with Gasteiger partial charge in [0.05, 0.1) is 17.1 Å². The monoisotopic (exact) mass is 394 g/mol. The highest BCUT2D eigenvalue weighted by molar-refractivity contribution is 9.10. The summed E-state index contributed by atoms with van der Waals surface area (Å²) in [7, 11) is -3.84. The van der Waals surface area contributed by atoms with Crippen LogP contribution in [0.25, 0.3) is 0 Å². The molecule has 1 aromatic carbocycles. The number of amides is 1. The van der Waals surface area contributed by atoms with Gasteiger partial charge in [0.15, 0.2) is 0 Å². The number of unbranched alkanes of at least 4 members (excludes halogenated alkanes) is 1. The molecule has 0 saturated carbocycles. The maximum atomic E-state index is 11.7. The molecule has 122 valence electrons. The molecule has 0 unspecified atom stereocenters. The van der Waals surface area contributed by atoms with Crippen LogP contribution in [0.5, 0.6) is 0 Å². The van der Waals surface area contributed by atoms with E-state index < -0.39 is 20.9 Å². The number of carbonyl (C=O) groups is 1. The van der Waals surface area contributed by atoms with E-state index in [-0.39, 0.29) is 23.4 Å². The summed E-state index contributed by atoms with van der Waals surface area (Å²) >= 11 is 3.10. The zero-order chi connectivity index (χ0) is 16.8. The van der Waals surface area contributed by atoms with E-state index >= 15 is 0 Å². The first kappa shape index (κ1) is 18.5. The fourth-order valence-corrected chi connectivity index (χ4v) is 2.83. The number of halogens is 1. The van der Waals surface area contributed by atoms with Crippen molar-refractivity contribution in [2.24, 2.45) is 0 Å². The lowest BCUT2D eigenvalue weighted by molar-refractivity contribution is -0.385. The van der Waals surface area contributed by atoms with Crippen molar-refractivity contribution in [3.05, 3.63) is 38.3 Å². The molecule has 1 rings (SSSR count). The summed E-state index contributed by atoms with van der Waals surface area (Å²) in [5.41, 5.74) is 1.72. The molecule has 0 heterocycles. The Labute approximate surface area is 136 Å². The molecule has 0 atom stereocenters. The second-order valence-electron chi connectivity index (χ2n) is 4.43. The van der Waals surface area contributed by atoms with E-state index in [4.69, 9.17) is 0 Å². The van der Waals surface area contributed by atoms with Crippen LogP contribution in [-0.4, -0.2) is 25.0 Å². The van der Waals surface area contributed by atoms with Crippen LogP contribution in [-0.2, 0) is 25.6 Å². The Morgan fingerprint density at radius 2 is 2.14 bits per heavy atom. The molecule has 0 radical (unpaired) electrons. The minimum Gasteiger partial charge on any atom is -0.272 e. The number of hydroxylamine groups is 1. The molecule has 1 amide bonds. The van der Waals surface area contributed by atoms with E-state index in [1.807, 2.05) is 6.92 Å². The second kappa shape index (κ2) is 8.20. The quantitative estimate of drug-likeness (QED) is 0.532. The fraction of sp³-hybridized carbons (Fsp3) is 0.417. The van der Waals surface area contributed by atoms with Crippen LogP contribution in [0, 0.1) is 10.1 Å². The van der Waals surface area contributed by atoms with E-state index in [0.29, 0.717) is 17.3 Å². The molecule has 0 aliphatic carbocycles. The number of nitro benzene ring substituents is 1. The highest BCUT2D eigenvalue weighted by Gasteiger charge is 2.18. The summed E-state index contributed by atoms with van der Waals surface area (Å²) in [5, 5.41) is 10.9. The van der Waals surface area contributed by atoms with Crippen LogP contribution in [0.1, 0.15) is 25.3 Å². The Morgan fingerprint density at radius 1 is 1.45 bits per heavy atom. The van der Waals surface area contributed by atoms with Crippen LogP contribution in [0.2, 0.25) is 0 Å². The van der Waals surface area contributed by atoms with Gasteiger partial charge in [0, 0.05) is 16.1 Å². The van der Waals surface area contributed by atoms with Crippen molar-refractivity contribution in [1.29, 1.82) is 0 Å². The molecule has 8 nitrogen and oxygen atoms in total. The number of benzene rings is 1. The lowest BCUT2D eigenvalue weighted by Crippen LogP contribution is -2.29. The molecule has 0 aliphatic rings. The van der Waals surface area contributed by atoms with E-state index in [9.17, 15) is 23.3 Å². The molecule has 0 fully saturated rings. The van der Waals surface area contributed by atoms with Gasteiger partial charge < -0.3 is 0 Å².